The monoisotopic (exact) mass is 234 g/mol. The molecule has 0 aliphatic carbocycles. The van der Waals surface area contributed by atoms with Gasteiger partial charge in [0, 0.05) is 19.8 Å². The third-order valence-electron chi connectivity index (χ3n) is 1.51. The molecule has 0 rings (SSSR count). The van der Waals surface area contributed by atoms with E-state index < -0.39 is 9.05 Å². The fraction of sp³-hybridized carbons (Fsp3) is 0.800. The van der Waals surface area contributed by atoms with Gasteiger partial charge in [0.15, 0.2) is 0 Å². The highest BCUT2D eigenvalue weighted by Gasteiger charge is 2.46. The maximum absolute atomic E-state index is 5.48. The van der Waals surface area contributed by atoms with Crippen LogP contribution in [-0.4, -0.2) is 28.9 Å². The zero-order valence-corrected chi connectivity index (χ0v) is 11.1. The number of hydrogen-bond donors (Lipinski definition) is 0. The van der Waals surface area contributed by atoms with E-state index in [2.05, 4.69) is 0 Å². The van der Waals surface area contributed by atoms with Crippen LogP contribution in [-0.2, 0) is 17.7 Å². The highest BCUT2D eigenvalue weighted by atomic mass is 28.4. The van der Waals surface area contributed by atoms with Crippen LogP contribution in [0, 0.1) is 0 Å². The minimum atomic E-state index is -2.92. The predicted molar refractivity (Wildman–Crippen MR) is 61.1 cm³/mol. The molecule has 0 spiro atoms. The first kappa shape index (κ1) is 14.6. The molecule has 0 radical (unpaired) electrons. The summed E-state index contributed by atoms with van der Waals surface area (Å²) < 4.78 is 21.9. The number of rotatable bonds is 9. The largest absolute Gasteiger partial charge is 0.749 e. The smallest absolute Gasteiger partial charge is 0.487 e. The molecule has 0 aromatic heterocycles. The van der Waals surface area contributed by atoms with Gasteiger partial charge < -0.3 is 17.7 Å². The summed E-state index contributed by atoms with van der Waals surface area (Å²) in [5, 5.41) is 0. The van der Waals surface area contributed by atoms with Crippen molar-refractivity contribution in [1.82, 2.24) is 0 Å². The molecule has 0 fully saturated rings. The maximum Gasteiger partial charge on any atom is 0.749 e. The minimum absolute atomic E-state index is 0.520. The summed E-state index contributed by atoms with van der Waals surface area (Å²) in [5.41, 5.74) is 0. The Morgan fingerprint density at radius 1 is 0.867 bits per heavy atom. The summed E-state index contributed by atoms with van der Waals surface area (Å²) in [4.78, 5) is 0. The van der Waals surface area contributed by atoms with Crippen LogP contribution in [0.2, 0.25) is 0 Å². The molecule has 0 aliphatic heterocycles. The predicted octanol–water partition coefficient (Wildman–Crippen LogP) is 2.47. The molecule has 90 valence electrons. The summed E-state index contributed by atoms with van der Waals surface area (Å²) in [6.07, 6.45) is 4.42. The Morgan fingerprint density at radius 3 is 1.67 bits per heavy atom. The molecule has 0 aromatic carbocycles. The molecular formula is C10H22O4Si. The van der Waals surface area contributed by atoms with Crippen LogP contribution >= 0.6 is 0 Å². The van der Waals surface area contributed by atoms with Crippen molar-refractivity contribution in [1.29, 1.82) is 0 Å². The van der Waals surface area contributed by atoms with Crippen LogP contribution in [0.15, 0.2) is 12.3 Å². The van der Waals surface area contributed by atoms with Crippen molar-refractivity contribution >= 4 is 9.05 Å². The first-order valence-electron chi connectivity index (χ1n) is 5.49. The second kappa shape index (κ2) is 8.91. The molecule has 0 aliphatic rings. The van der Waals surface area contributed by atoms with Gasteiger partial charge in [-0.15, -0.1) is 0 Å². The van der Waals surface area contributed by atoms with Crippen molar-refractivity contribution < 1.29 is 17.7 Å². The molecule has 5 heteroatoms. The topological polar surface area (TPSA) is 36.9 Å². The van der Waals surface area contributed by atoms with Gasteiger partial charge in [0.2, 0.25) is 0 Å². The zero-order valence-electron chi connectivity index (χ0n) is 10.1. The lowest BCUT2D eigenvalue weighted by atomic mass is 10.5. The molecule has 0 N–H and O–H groups in total. The molecule has 0 heterocycles. The average Bonchev–Trinajstić information content (AvgIpc) is 2.19. The van der Waals surface area contributed by atoms with Crippen LogP contribution < -0.4 is 0 Å². The second-order valence-corrected chi connectivity index (χ2v) is 4.80. The quantitative estimate of drug-likeness (QED) is 0.453. The van der Waals surface area contributed by atoms with Crippen LogP contribution in [0.1, 0.15) is 34.1 Å². The molecule has 0 saturated carbocycles. The van der Waals surface area contributed by atoms with Gasteiger partial charge in [-0.2, -0.15) is 0 Å². The standard InChI is InChI=1S/C10H22O4Si/c1-5-9-10-14-15(11-6-2,12-7-3)13-8-4/h9-10H,5-8H2,1-4H3/b10-9+. The Hall–Kier alpha value is -0.363. The van der Waals surface area contributed by atoms with Crippen LogP contribution in [0.4, 0.5) is 0 Å². The van der Waals surface area contributed by atoms with Crippen molar-refractivity contribution in [3.63, 3.8) is 0 Å². The fourth-order valence-electron chi connectivity index (χ4n) is 0.985. The second-order valence-electron chi connectivity index (χ2n) is 2.70. The van der Waals surface area contributed by atoms with E-state index >= 15 is 0 Å². The minimum Gasteiger partial charge on any atom is -0.487 e. The summed E-state index contributed by atoms with van der Waals surface area (Å²) in [7, 11) is -2.92. The highest BCUT2D eigenvalue weighted by Crippen LogP contribution is 2.12. The lowest BCUT2D eigenvalue weighted by Gasteiger charge is -2.25. The Balaban J connectivity index is 4.37. The molecule has 15 heavy (non-hydrogen) atoms. The molecule has 0 atom stereocenters. The van der Waals surface area contributed by atoms with Gasteiger partial charge >= 0.3 is 9.05 Å². The van der Waals surface area contributed by atoms with E-state index in [4.69, 9.17) is 17.7 Å². The normalized spacial score (nSPS) is 12.3. The maximum atomic E-state index is 5.48. The fourth-order valence-corrected chi connectivity index (χ4v) is 2.76. The first-order chi connectivity index (χ1) is 7.24. The van der Waals surface area contributed by atoms with E-state index in [0.717, 1.165) is 6.42 Å². The number of hydrogen-bond acceptors (Lipinski definition) is 4. The molecule has 0 amide bonds. The highest BCUT2D eigenvalue weighted by molar-refractivity contribution is 6.53. The first-order valence-corrected chi connectivity index (χ1v) is 7.12. The lowest BCUT2D eigenvalue weighted by Crippen LogP contribution is -2.48. The van der Waals surface area contributed by atoms with Crippen molar-refractivity contribution in [2.45, 2.75) is 34.1 Å². The molecule has 0 bridgehead atoms. The van der Waals surface area contributed by atoms with Gasteiger partial charge in [-0.25, -0.2) is 0 Å². The summed E-state index contributed by atoms with van der Waals surface area (Å²) >= 11 is 0. The van der Waals surface area contributed by atoms with Gasteiger partial charge in [0.1, 0.15) is 0 Å². The Kier molecular flexibility index (Phi) is 8.69. The average molecular weight is 234 g/mol. The van der Waals surface area contributed by atoms with Gasteiger partial charge in [0.05, 0.1) is 6.26 Å². The Labute approximate surface area is 93.7 Å². The van der Waals surface area contributed by atoms with Crippen LogP contribution in [0.3, 0.4) is 0 Å². The van der Waals surface area contributed by atoms with E-state index in [1.807, 2.05) is 33.8 Å². The van der Waals surface area contributed by atoms with E-state index in [9.17, 15) is 0 Å². The Morgan fingerprint density at radius 2 is 1.33 bits per heavy atom. The van der Waals surface area contributed by atoms with Crippen molar-refractivity contribution in [2.24, 2.45) is 0 Å². The SMILES string of the molecule is CC/C=C/O[Si](OCC)(OCC)OCC. The Bertz CT molecular complexity index is 156. The van der Waals surface area contributed by atoms with E-state index in [-0.39, 0.29) is 0 Å². The van der Waals surface area contributed by atoms with Crippen LogP contribution in [0.25, 0.3) is 0 Å². The number of allylic oxidation sites excluding steroid dienone is 1. The van der Waals surface area contributed by atoms with Gasteiger partial charge in [-0.1, -0.05) is 13.0 Å². The molecule has 0 aromatic rings. The van der Waals surface area contributed by atoms with Gasteiger partial charge in [0.25, 0.3) is 0 Å². The molecule has 0 unspecified atom stereocenters. The summed E-state index contributed by atoms with van der Waals surface area (Å²) in [6.45, 7) is 9.28. The zero-order chi connectivity index (χ0) is 11.6. The van der Waals surface area contributed by atoms with E-state index in [1.165, 1.54) is 0 Å². The summed E-state index contributed by atoms with van der Waals surface area (Å²) in [6, 6.07) is 0. The van der Waals surface area contributed by atoms with Crippen molar-refractivity contribution in [3.8, 4) is 0 Å². The summed E-state index contributed by atoms with van der Waals surface area (Å²) in [5.74, 6) is 0. The lowest BCUT2D eigenvalue weighted by molar-refractivity contribution is -0.00392. The van der Waals surface area contributed by atoms with Gasteiger partial charge in [-0.05, 0) is 27.2 Å². The third kappa shape index (κ3) is 5.94. The molecular weight excluding hydrogens is 212 g/mol. The van der Waals surface area contributed by atoms with E-state index in [0.29, 0.717) is 19.8 Å². The van der Waals surface area contributed by atoms with Gasteiger partial charge in [-0.3, -0.25) is 0 Å². The molecule has 0 saturated heterocycles. The van der Waals surface area contributed by atoms with Crippen LogP contribution in [0.5, 0.6) is 0 Å². The molecule has 4 nitrogen and oxygen atoms in total. The third-order valence-corrected chi connectivity index (χ3v) is 3.86. The van der Waals surface area contributed by atoms with Crippen molar-refractivity contribution in [3.05, 3.63) is 12.3 Å². The van der Waals surface area contributed by atoms with E-state index in [1.54, 1.807) is 6.26 Å². The van der Waals surface area contributed by atoms with Crippen molar-refractivity contribution in [2.75, 3.05) is 19.8 Å².